The summed E-state index contributed by atoms with van der Waals surface area (Å²) in [5, 5.41) is 18.6. The van der Waals surface area contributed by atoms with Crippen molar-refractivity contribution in [1.29, 1.82) is 0 Å². The van der Waals surface area contributed by atoms with Crippen molar-refractivity contribution in [3.05, 3.63) is 0 Å². The van der Waals surface area contributed by atoms with Crippen molar-refractivity contribution >= 4 is 92.9 Å². The van der Waals surface area contributed by atoms with Gasteiger partial charge in [0.1, 0.15) is 0 Å². The Balaban J connectivity index is -0.00000128. The fraction of sp³-hybridized carbons (Fsp3) is 0.846. The molecule has 0 aromatic heterocycles. The van der Waals surface area contributed by atoms with Crippen molar-refractivity contribution < 1.29 is 19.8 Å². The molecule has 0 aromatic rings. The molecule has 0 unspecified atom stereocenters. The summed E-state index contributed by atoms with van der Waals surface area (Å²) in [4.78, 5) is 22.8. The number of unbranched alkanes of at least 4 members (excludes halogenated alkanes) is 3. The monoisotopic (exact) mass is 308 g/mol. The number of carboxylic acid groups (broad SMARTS) is 2. The molecule has 0 saturated heterocycles. The van der Waals surface area contributed by atoms with Crippen molar-refractivity contribution in [3.8, 4) is 0 Å². The predicted molar refractivity (Wildman–Crippen MR) is 80.2 cm³/mol. The van der Waals surface area contributed by atoms with Gasteiger partial charge in [0.25, 0.3) is 0 Å². The second-order valence-corrected chi connectivity index (χ2v) is 5.58. The van der Waals surface area contributed by atoms with Crippen LogP contribution < -0.4 is 0 Å². The van der Waals surface area contributed by atoms with Crippen LogP contribution in [-0.4, -0.2) is 103 Å². The van der Waals surface area contributed by atoms with E-state index < -0.39 is 22.8 Å². The molecular formula is C13H26KNaO4. The molecule has 0 bridgehead atoms. The second kappa shape index (κ2) is 11.2. The average Bonchev–Trinajstić information content (AvgIpc) is 2.14. The Kier molecular flexibility index (Phi) is 15.0. The Labute approximate surface area is 180 Å². The van der Waals surface area contributed by atoms with Gasteiger partial charge in [-0.05, 0) is 11.8 Å². The molecule has 0 spiro atoms. The average molecular weight is 308 g/mol. The molecule has 4 nitrogen and oxygen atoms in total. The molecule has 0 amide bonds. The van der Waals surface area contributed by atoms with E-state index in [9.17, 15) is 19.8 Å². The summed E-state index contributed by atoms with van der Waals surface area (Å²) in [5.74, 6) is -2.46. The zero-order valence-electron chi connectivity index (χ0n) is 11.2. The van der Waals surface area contributed by atoms with Crippen LogP contribution in [0.15, 0.2) is 0 Å². The molecule has 0 aliphatic carbocycles. The van der Waals surface area contributed by atoms with Gasteiger partial charge >= 0.3 is 92.9 Å². The van der Waals surface area contributed by atoms with E-state index in [0.29, 0.717) is 6.42 Å². The molecule has 19 heavy (non-hydrogen) atoms. The minimum absolute atomic E-state index is 0. The van der Waals surface area contributed by atoms with Gasteiger partial charge < -0.3 is 10.2 Å². The van der Waals surface area contributed by atoms with Crippen molar-refractivity contribution in [2.45, 2.75) is 59.8 Å². The molecule has 104 valence electrons. The first kappa shape index (κ1) is 25.5. The molecular weight excluding hydrogens is 282 g/mol. The molecule has 0 atom stereocenters. The first-order valence-electron chi connectivity index (χ1n) is 6.17. The topological polar surface area (TPSA) is 74.6 Å². The third kappa shape index (κ3) is 6.91. The molecule has 0 rings (SSSR count). The van der Waals surface area contributed by atoms with Crippen molar-refractivity contribution in [1.82, 2.24) is 0 Å². The number of hydrogen-bond acceptors (Lipinski definition) is 2. The quantitative estimate of drug-likeness (QED) is 0.428. The van der Waals surface area contributed by atoms with Crippen molar-refractivity contribution in [3.63, 3.8) is 0 Å². The Morgan fingerprint density at radius 1 is 0.947 bits per heavy atom. The molecule has 0 fully saturated rings. The predicted octanol–water partition coefficient (Wildman–Crippen LogP) is 1.86. The summed E-state index contributed by atoms with van der Waals surface area (Å²) in [6, 6.07) is 0. The summed E-state index contributed by atoms with van der Waals surface area (Å²) in [5.41, 5.74) is -2.47. The van der Waals surface area contributed by atoms with Crippen LogP contribution in [0.1, 0.15) is 59.8 Å². The Hall–Kier alpha value is 1.58. The zero-order chi connectivity index (χ0) is 13.7. The van der Waals surface area contributed by atoms with Gasteiger partial charge in [-0.25, -0.2) is 0 Å². The van der Waals surface area contributed by atoms with Crippen LogP contribution in [0.3, 0.4) is 0 Å². The van der Waals surface area contributed by atoms with E-state index in [-0.39, 0.29) is 87.4 Å². The van der Waals surface area contributed by atoms with Crippen LogP contribution in [0.5, 0.6) is 0 Å². The van der Waals surface area contributed by atoms with Crippen LogP contribution in [0, 0.1) is 10.8 Å². The number of hydrogen-bond donors (Lipinski definition) is 2. The molecule has 0 saturated carbocycles. The molecule has 0 radical (unpaired) electrons. The fourth-order valence-electron chi connectivity index (χ4n) is 2.14. The maximum absolute atomic E-state index is 11.4. The normalized spacial score (nSPS) is 11.2. The van der Waals surface area contributed by atoms with Crippen LogP contribution >= 0.6 is 0 Å². The molecule has 0 heterocycles. The third-order valence-corrected chi connectivity index (χ3v) is 3.42. The van der Waals surface area contributed by atoms with E-state index in [1.807, 2.05) is 0 Å². The van der Waals surface area contributed by atoms with Crippen LogP contribution in [0.25, 0.3) is 0 Å². The summed E-state index contributed by atoms with van der Waals surface area (Å²) < 4.78 is 0. The van der Waals surface area contributed by atoms with E-state index in [4.69, 9.17) is 0 Å². The third-order valence-electron chi connectivity index (χ3n) is 3.42. The molecule has 0 aromatic carbocycles. The van der Waals surface area contributed by atoms with E-state index in [0.717, 1.165) is 19.3 Å². The van der Waals surface area contributed by atoms with Crippen LogP contribution in [-0.2, 0) is 9.59 Å². The van der Waals surface area contributed by atoms with Crippen molar-refractivity contribution in [2.75, 3.05) is 0 Å². The Bertz CT molecular complexity index is 273. The Morgan fingerprint density at radius 3 is 1.63 bits per heavy atom. The van der Waals surface area contributed by atoms with Crippen LogP contribution in [0.2, 0.25) is 0 Å². The molecule has 0 aliphatic heterocycles. The molecule has 6 heteroatoms. The van der Waals surface area contributed by atoms with Gasteiger partial charge in [-0.15, -0.1) is 0 Å². The summed E-state index contributed by atoms with van der Waals surface area (Å²) in [6.07, 6.45) is 3.78. The first-order valence-corrected chi connectivity index (χ1v) is 6.17. The number of carbonyl (C=O) groups is 2. The summed E-state index contributed by atoms with van der Waals surface area (Å²) in [6.45, 7) is 7.09. The number of rotatable bonds is 7. The number of carboxylic acids is 2. The Morgan fingerprint density at radius 2 is 1.37 bits per heavy atom. The van der Waals surface area contributed by atoms with Gasteiger partial charge in [-0.3, -0.25) is 9.59 Å². The molecule has 0 aliphatic rings. The first-order chi connectivity index (χ1) is 7.70. The zero-order valence-corrected chi connectivity index (χ0v) is 11.2. The SMILES string of the molecule is CCCCCCC(C(=O)O)(C(=O)O)C(C)(C)C.[KH].[NaH]. The van der Waals surface area contributed by atoms with E-state index in [2.05, 4.69) is 6.92 Å². The van der Waals surface area contributed by atoms with Gasteiger partial charge in [-0.1, -0.05) is 53.4 Å². The van der Waals surface area contributed by atoms with E-state index >= 15 is 0 Å². The van der Waals surface area contributed by atoms with Gasteiger partial charge in [0.2, 0.25) is 0 Å². The van der Waals surface area contributed by atoms with Crippen LogP contribution in [0.4, 0.5) is 0 Å². The maximum atomic E-state index is 11.4. The van der Waals surface area contributed by atoms with E-state index in [1.54, 1.807) is 20.8 Å². The van der Waals surface area contributed by atoms with Gasteiger partial charge in [0.15, 0.2) is 5.41 Å². The van der Waals surface area contributed by atoms with Gasteiger partial charge in [-0.2, -0.15) is 0 Å². The minimum atomic E-state index is -1.68. The number of aliphatic carboxylic acids is 2. The van der Waals surface area contributed by atoms with Gasteiger partial charge in [0.05, 0.1) is 0 Å². The molecule has 2 N–H and O–H groups in total. The van der Waals surface area contributed by atoms with Crippen molar-refractivity contribution in [2.24, 2.45) is 10.8 Å². The fourth-order valence-corrected chi connectivity index (χ4v) is 2.14. The van der Waals surface area contributed by atoms with E-state index in [1.165, 1.54) is 0 Å². The standard InChI is InChI=1S/C13H24O4.K.Na.2H/c1-5-6-7-8-9-13(10(14)15,11(16)17)12(2,3)4;;;;/h5-9H2,1-4H3,(H,14,15)(H,16,17);;;;. The van der Waals surface area contributed by atoms with Gasteiger partial charge in [0, 0.05) is 0 Å². The summed E-state index contributed by atoms with van der Waals surface area (Å²) >= 11 is 0. The summed E-state index contributed by atoms with van der Waals surface area (Å²) in [7, 11) is 0. The second-order valence-electron chi connectivity index (χ2n) is 5.58.